The zero-order chi connectivity index (χ0) is 22.7. The lowest BCUT2D eigenvalue weighted by Crippen LogP contribution is -2.41. The lowest BCUT2D eigenvalue weighted by atomic mass is 9.97. The van der Waals surface area contributed by atoms with Crippen LogP contribution in [0.1, 0.15) is 12.8 Å². The first-order valence-electron chi connectivity index (χ1n) is 10.2. The van der Waals surface area contributed by atoms with E-state index in [2.05, 4.69) is 10.4 Å². The molecule has 3 aromatic rings. The molecule has 9 heteroatoms. The van der Waals surface area contributed by atoms with Crippen molar-refractivity contribution in [2.45, 2.75) is 12.8 Å². The van der Waals surface area contributed by atoms with Crippen LogP contribution >= 0.6 is 11.6 Å². The minimum atomic E-state index is -0.449. The van der Waals surface area contributed by atoms with Crippen LogP contribution in [0.4, 0.5) is 15.9 Å². The molecule has 0 radical (unpaired) electrons. The monoisotopic (exact) mass is 456 g/mol. The average Bonchev–Trinajstić information content (AvgIpc) is 2.79. The molecule has 1 fully saturated rings. The van der Waals surface area contributed by atoms with Gasteiger partial charge in [-0.05, 0) is 55.3 Å². The smallest absolute Gasteiger partial charge is 0.271 e. The Kier molecular flexibility index (Phi) is 6.41. The number of benzene rings is 2. The number of nitrogens with zero attached hydrogens (tertiary/aromatic N) is 3. The molecule has 2 aromatic carbocycles. The number of hydrogen-bond acceptors (Lipinski definition) is 5. The van der Waals surface area contributed by atoms with E-state index in [1.54, 1.807) is 30.3 Å². The van der Waals surface area contributed by atoms with Crippen LogP contribution in [0.15, 0.2) is 59.4 Å². The Bertz CT molecular complexity index is 1200. The predicted molar refractivity (Wildman–Crippen MR) is 121 cm³/mol. The molecule has 1 aromatic heterocycles. The Morgan fingerprint density at radius 3 is 2.81 bits per heavy atom. The first-order valence-corrected chi connectivity index (χ1v) is 10.6. The van der Waals surface area contributed by atoms with E-state index in [0.717, 1.165) is 12.8 Å². The number of carbonyl (C=O) groups is 1. The fourth-order valence-electron chi connectivity index (χ4n) is 3.75. The van der Waals surface area contributed by atoms with Crippen molar-refractivity contribution in [3.8, 4) is 11.4 Å². The molecule has 7 nitrogen and oxygen atoms in total. The van der Waals surface area contributed by atoms with Crippen molar-refractivity contribution in [1.82, 2.24) is 9.78 Å². The van der Waals surface area contributed by atoms with Gasteiger partial charge in [-0.15, -0.1) is 5.10 Å². The van der Waals surface area contributed by atoms with Gasteiger partial charge in [0.15, 0.2) is 0 Å². The van der Waals surface area contributed by atoms with Gasteiger partial charge in [0.1, 0.15) is 17.4 Å². The Morgan fingerprint density at radius 2 is 2.06 bits per heavy atom. The van der Waals surface area contributed by atoms with Gasteiger partial charge in [-0.3, -0.25) is 9.59 Å². The molecule has 1 amide bonds. The summed E-state index contributed by atoms with van der Waals surface area (Å²) >= 11 is 6.15. The molecule has 32 heavy (non-hydrogen) atoms. The third-order valence-corrected chi connectivity index (χ3v) is 5.67. The molecule has 0 bridgehead atoms. The Balaban J connectivity index is 1.50. The molecule has 166 valence electrons. The molecule has 0 unspecified atom stereocenters. The third kappa shape index (κ3) is 4.75. The van der Waals surface area contributed by atoms with Crippen LogP contribution in [0.3, 0.4) is 0 Å². The zero-order valence-electron chi connectivity index (χ0n) is 17.4. The topological polar surface area (TPSA) is 76.5 Å². The fourth-order valence-corrected chi connectivity index (χ4v) is 4.01. The lowest BCUT2D eigenvalue weighted by Gasteiger charge is -2.33. The van der Waals surface area contributed by atoms with E-state index in [0.29, 0.717) is 41.1 Å². The number of methoxy groups -OCH3 is 1. The molecule has 1 atom stereocenters. The zero-order valence-corrected chi connectivity index (χ0v) is 18.2. The summed E-state index contributed by atoms with van der Waals surface area (Å²) in [5.41, 5.74) is 0.581. The van der Waals surface area contributed by atoms with E-state index in [9.17, 15) is 14.0 Å². The molecule has 0 aliphatic carbocycles. The quantitative estimate of drug-likeness (QED) is 0.630. The molecule has 1 saturated heterocycles. The second-order valence-corrected chi connectivity index (χ2v) is 7.95. The lowest BCUT2D eigenvalue weighted by molar-refractivity contribution is -0.120. The molecular formula is C23H22ClFN4O3. The Morgan fingerprint density at radius 1 is 1.22 bits per heavy atom. The molecule has 2 heterocycles. The van der Waals surface area contributed by atoms with Gasteiger partial charge in [0.25, 0.3) is 5.56 Å². The molecule has 0 spiro atoms. The predicted octanol–water partition coefficient (Wildman–Crippen LogP) is 3.89. The average molecular weight is 457 g/mol. The summed E-state index contributed by atoms with van der Waals surface area (Å²) in [6, 6.07) is 13.8. The van der Waals surface area contributed by atoms with Crippen LogP contribution < -0.4 is 20.5 Å². The first-order chi connectivity index (χ1) is 15.4. The van der Waals surface area contributed by atoms with Gasteiger partial charge in [0.2, 0.25) is 5.91 Å². The van der Waals surface area contributed by atoms with Crippen LogP contribution in [0.2, 0.25) is 5.02 Å². The fraction of sp³-hybridized carbons (Fsp3) is 0.261. The number of anilines is 2. The standard InChI is InChI=1S/C23H22ClFN4O3/c1-32-20-8-7-17(13-19(20)24)26-23(31)15-4-3-11-28(14-15)21-9-10-22(30)29(27-21)18-6-2-5-16(25)12-18/h2,5-10,12-13,15H,3-4,11,14H2,1H3,(H,26,31)/t15-/m1/s1. The normalized spacial score (nSPS) is 16.0. The van der Waals surface area contributed by atoms with Gasteiger partial charge < -0.3 is 15.0 Å². The van der Waals surface area contributed by atoms with E-state index in [1.165, 1.54) is 36.1 Å². The number of ether oxygens (including phenoxy) is 1. The van der Waals surface area contributed by atoms with Gasteiger partial charge in [-0.2, -0.15) is 4.68 Å². The number of hydrogen-bond donors (Lipinski definition) is 1. The van der Waals surface area contributed by atoms with Gasteiger partial charge in [0, 0.05) is 24.8 Å². The van der Waals surface area contributed by atoms with Crippen molar-refractivity contribution in [3.63, 3.8) is 0 Å². The van der Waals surface area contributed by atoms with Crippen molar-refractivity contribution in [2.24, 2.45) is 5.92 Å². The molecule has 4 rings (SSSR count). The van der Waals surface area contributed by atoms with Gasteiger partial charge in [-0.1, -0.05) is 17.7 Å². The second-order valence-electron chi connectivity index (χ2n) is 7.55. The summed E-state index contributed by atoms with van der Waals surface area (Å²) in [5, 5.41) is 7.74. The van der Waals surface area contributed by atoms with E-state index in [1.807, 2.05) is 4.90 Å². The van der Waals surface area contributed by atoms with Crippen molar-refractivity contribution in [2.75, 3.05) is 30.4 Å². The number of piperidine rings is 1. The van der Waals surface area contributed by atoms with E-state index >= 15 is 0 Å². The van der Waals surface area contributed by atoms with Crippen molar-refractivity contribution in [3.05, 3.63) is 75.8 Å². The summed E-state index contributed by atoms with van der Waals surface area (Å²) in [7, 11) is 1.53. The summed E-state index contributed by atoms with van der Waals surface area (Å²) in [5.74, 6) is 0.261. The molecule has 1 N–H and O–H groups in total. The molecular weight excluding hydrogens is 435 g/mol. The molecule has 0 saturated carbocycles. The highest BCUT2D eigenvalue weighted by Gasteiger charge is 2.27. The van der Waals surface area contributed by atoms with Gasteiger partial charge >= 0.3 is 0 Å². The maximum absolute atomic E-state index is 13.6. The minimum Gasteiger partial charge on any atom is -0.495 e. The molecule has 1 aliphatic rings. The third-order valence-electron chi connectivity index (χ3n) is 5.37. The Hall–Kier alpha value is -3.39. The summed E-state index contributed by atoms with van der Waals surface area (Å²) in [6.07, 6.45) is 1.53. The maximum atomic E-state index is 13.6. The number of carbonyl (C=O) groups excluding carboxylic acids is 1. The number of rotatable bonds is 5. The SMILES string of the molecule is COc1ccc(NC(=O)[C@@H]2CCCN(c3ccc(=O)n(-c4cccc(F)c4)n3)C2)cc1Cl. The van der Waals surface area contributed by atoms with Crippen molar-refractivity contribution >= 4 is 29.0 Å². The van der Waals surface area contributed by atoms with Crippen LogP contribution in [-0.2, 0) is 4.79 Å². The van der Waals surface area contributed by atoms with Crippen molar-refractivity contribution in [1.29, 1.82) is 0 Å². The van der Waals surface area contributed by atoms with Crippen LogP contribution in [-0.4, -0.2) is 35.9 Å². The van der Waals surface area contributed by atoms with E-state index < -0.39 is 5.82 Å². The maximum Gasteiger partial charge on any atom is 0.271 e. The van der Waals surface area contributed by atoms with Gasteiger partial charge in [0.05, 0.1) is 23.7 Å². The van der Waals surface area contributed by atoms with Crippen LogP contribution in [0.5, 0.6) is 5.75 Å². The number of amides is 1. The summed E-state index contributed by atoms with van der Waals surface area (Å²) < 4.78 is 19.9. The van der Waals surface area contributed by atoms with Crippen molar-refractivity contribution < 1.29 is 13.9 Å². The highest BCUT2D eigenvalue weighted by atomic mass is 35.5. The second kappa shape index (κ2) is 9.40. The van der Waals surface area contributed by atoms with E-state index in [4.69, 9.17) is 16.3 Å². The number of aromatic nitrogens is 2. The van der Waals surface area contributed by atoms with Crippen LogP contribution in [0.25, 0.3) is 5.69 Å². The minimum absolute atomic E-state index is 0.116. The van der Waals surface area contributed by atoms with Crippen LogP contribution in [0, 0.1) is 11.7 Å². The first kappa shape index (κ1) is 21.8. The highest BCUT2D eigenvalue weighted by Crippen LogP contribution is 2.28. The summed E-state index contributed by atoms with van der Waals surface area (Å²) in [4.78, 5) is 27.1. The highest BCUT2D eigenvalue weighted by molar-refractivity contribution is 6.32. The van der Waals surface area contributed by atoms with E-state index in [-0.39, 0.29) is 17.4 Å². The summed E-state index contributed by atoms with van der Waals surface area (Å²) in [6.45, 7) is 1.15. The largest absolute Gasteiger partial charge is 0.495 e. The molecule has 1 aliphatic heterocycles. The number of halogens is 2. The number of nitrogens with one attached hydrogen (secondary N) is 1. The van der Waals surface area contributed by atoms with Gasteiger partial charge in [-0.25, -0.2) is 4.39 Å². The Labute approximate surface area is 189 Å².